The molecule has 0 atom stereocenters. The van der Waals surface area contributed by atoms with Crippen molar-refractivity contribution in [3.8, 4) is 0 Å². The van der Waals surface area contributed by atoms with Crippen molar-refractivity contribution >= 4 is 12.1 Å². The highest BCUT2D eigenvalue weighted by atomic mass is 16.5. The van der Waals surface area contributed by atoms with Crippen molar-refractivity contribution in [2.75, 3.05) is 13.1 Å². The minimum absolute atomic E-state index is 0.0431. The molecule has 0 heterocycles. The maximum atomic E-state index is 11.3. The van der Waals surface area contributed by atoms with Crippen molar-refractivity contribution in [1.29, 1.82) is 0 Å². The molecular formula is C12H18N4O2. The lowest BCUT2D eigenvalue weighted by molar-refractivity contribution is 0.145. The first-order valence-corrected chi connectivity index (χ1v) is 5.70. The summed E-state index contributed by atoms with van der Waals surface area (Å²) in [5.74, 6) is 0.0431. The summed E-state index contributed by atoms with van der Waals surface area (Å²) in [5.41, 5.74) is 11.7. The molecule has 0 aliphatic heterocycles. The topological polar surface area (TPSA) is 103 Å². The van der Waals surface area contributed by atoms with Gasteiger partial charge in [0.15, 0.2) is 5.96 Å². The van der Waals surface area contributed by atoms with Crippen LogP contribution in [-0.2, 0) is 11.3 Å². The third-order valence-electron chi connectivity index (χ3n) is 2.09. The highest BCUT2D eigenvalue weighted by Gasteiger charge is 2.03. The molecule has 1 aromatic carbocycles. The molecule has 0 saturated carbocycles. The summed E-state index contributed by atoms with van der Waals surface area (Å²) in [5, 5.41) is 2.33. The molecule has 0 radical (unpaired) electrons. The standard InChI is InChI=1S/C12H18N4O2/c13-7-4-8-15-11(14)16-12(17)18-9-10-5-2-1-3-6-10/h1-3,5-6H,4,7-9,13H2,(H3,14,15,16,17). The van der Waals surface area contributed by atoms with Crippen LogP contribution in [0.5, 0.6) is 0 Å². The van der Waals surface area contributed by atoms with E-state index in [-0.39, 0.29) is 12.6 Å². The van der Waals surface area contributed by atoms with Crippen molar-refractivity contribution < 1.29 is 9.53 Å². The zero-order valence-electron chi connectivity index (χ0n) is 10.1. The van der Waals surface area contributed by atoms with E-state index in [1.54, 1.807) is 0 Å². The van der Waals surface area contributed by atoms with Gasteiger partial charge in [0.1, 0.15) is 6.61 Å². The number of hydrogen-bond acceptors (Lipinski definition) is 4. The molecule has 1 aromatic rings. The van der Waals surface area contributed by atoms with Crippen LogP contribution < -0.4 is 16.8 Å². The van der Waals surface area contributed by atoms with Crippen molar-refractivity contribution in [3.63, 3.8) is 0 Å². The normalized spacial score (nSPS) is 11.1. The van der Waals surface area contributed by atoms with Crippen LogP contribution in [0.4, 0.5) is 4.79 Å². The monoisotopic (exact) mass is 250 g/mol. The van der Waals surface area contributed by atoms with Crippen LogP contribution >= 0.6 is 0 Å². The Morgan fingerprint density at radius 2 is 2.06 bits per heavy atom. The van der Waals surface area contributed by atoms with Gasteiger partial charge >= 0.3 is 6.09 Å². The van der Waals surface area contributed by atoms with Gasteiger partial charge < -0.3 is 16.2 Å². The molecule has 0 aliphatic carbocycles. The molecule has 0 aromatic heterocycles. The van der Waals surface area contributed by atoms with E-state index in [1.807, 2.05) is 30.3 Å². The van der Waals surface area contributed by atoms with Crippen molar-refractivity contribution in [1.82, 2.24) is 5.32 Å². The van der Waals surface area contributed by atoms with E-state index in [9.17, 15) is 4.79 Å². The smallest absolute Gasteiger partial charge is 0.414 e. The second-order valence-corrected chi connectivity index (χ2v) is 3.60. The van der Waals surface area contributed by atoms with Gasteiger partial charge in [-0.2, -0.15) is 0 Å². The summed E-state index contributed by atoms with van der Waals surface area (Å²) in [7, 11) is 0. The van der Waals surface area contributed by atoms with E-state index in [1.165, 1.54) is 0 Å². The number of aliphatic imine (C=N–C) groups is 1. The summed E-state index contributed by atoms with van der Waals surface area (Å²) in [6.45, 7) is 1.22. The van der Waals surface area contributed by atoms with Crippen LogP contribution in [0.2, 0.25) is 0 Å². The van der Waals surface area contributed by atoms with E-state index in [0.29, 0.717) is 13.1 Å². The number of hydrogen-bond donors (Lipinski definition) is 3. The van der Waals surface area contributed by atoms with Crippen LogP contribution in [0.1, 0.15) is 12.0 Å². The van der Waals surface area contributed by atoms with E-state index in [4.69, 9.17) is 16.2 Å². The quantitative estimate of drug-likeness (QED) is 0.404. The van der Waals surface area contributed by atoms with Gasteiger partial charge in [0, 0.05) is 6.54 Å². The third kappa shape index (κ3) is 5.86. The fourth-order valence-electron chi connectivity index (χ4n) is 1.19. The molecule has 0 spiro atoms. The molecule has 6 heteroatoms. The molecule has 1 amide bonds. The van der Waals surface area contributed by atoms with Gasteiger partial charge in [-0.3, -0.25) is 10.3 Å². The van der Waals surface area contributed by atoms with E-state index < -0.39 is 6.09 Å². The fourth-order valence-corrected chi connectivity index (χ4v) is 1.19. The number of carbonyl (C=O) groups excluding carboxylic acids is 1. The third-order valence-corrected chi connectivity index (χ3v) is 2.09. The average molecular weight is 250 g/mol. The first-order valence-electron chi connectivity index (χ1n) is 5.70. The number of nitrogens with zero attached hydrogens (tertiary/aromatic N) is 1. The number of nitrogens with one attached hydrogen (secondary N) is 1. The lowest BCUT2D eigenvalue weighted by Crippen LogP contribution is -2.37. The number of benzene rings is 1. The molecule has 0 unspecified atom stereocenters. The number of alkyl carbamates (subject to hydrolysis) is 1. The Hall–Kier alpha value is -2.08. The molecule has 0 bridgehead atoms. The number of nitrogens with two attached hydrogens (primary N) is 2. The van der Waals surface area contributed by atoms with Gasteiger partial charge in [-0.1, -0.05) is 30.3 Å². The first kappa shape index (κ1) is 14.0. The Morgan fingerprint density at radius 3 is 2.72 bits per heavy atom. The Labute approximate surface area is 106 Å². The lowest BCUT2D eigenvalue weighted by atomic mass is 10.2. The Kier molecular flexibility index (Phi) is 6.27. The Balaban J connectivity index is 2.27. The van der Waals surface area contributed by atoms with Crippen LogP contribution in [0.3, 0.4) is 0 Å². The molecule has 0 saturated heterocycles. The zero-order valence-corrected chi connectivity index (χ0v) is 10.1. The molecule has 6 nitrogen and oxygen atoms in total. The summed E-state index contributed by atoms with van der Waals surface area (Å²) in [6, 6.07) is 9.38. The Bertz CT molecular complexity index is 392. The van der Waals surface area contributed by atoms with E-state index >= 15 is 0 Å². The van der Waals surface area contributed by atoms with Gasteiger partial charge in [-0.05, 0) is 18.5 Å². The average Bonchev–Trinajstić information content (AvgIpc) is 2.38. The highest BCUT2D eigenvalue weighted by molar-refractivity contribution is 5.92. The van der Waals surface area contributed by atoms with Crippen LogP contribution in [-0.4, -0.2) is 25.1 Å². The number of rotatable bonds is 5. The molecule has 18 heavy (non-hydrogen) atoms. The zero-order chi connectivity index (χ0) is 13.2. The van der Waals surface area contributed by atoms with E-state index in [2.05, 4.69) is 10.3 Å². The van der Waals surface area contributed by atoms with Crippen LogP contribution in [0.25, 0.3) is 0 Å². The molecule has 0 aliphatic rings. The summed E-state index contributed by atoms with van der Waals surface area (Å²) < 4.78 is 4.97. The number of carbonyl (C=O) groups is 1. The SMILES string of the molecule is NCCCN=C(N)NC(=O)OCc1ccccc1. The summed E-state index contributed by atoms with van der Waals surface area (Å²) in [4.78, 5) is 15.3. The van der Waals surface area contributed by atoms with Crippen molar-refractivity contribution in [3.05, 3.63) is 35.9 Å². The van der Waals surface area contributed by atoms with E-state index in [0.717, 1.165) is 12.0 Å². The predicted octanol–water partition coefficient (Wildman–Crippen LogP) is 0.576. The maximum Gasteiger partial charge on any atom is 0.414 e. The number of ether oxygens (including phenoxy) is 1. The van der Waals surface area contributed by atoms with Gasteiger partial charge in [0.25, 0.3) is 0 Å². The number of amides is 1. The van der Waals surface area contributed by atoms with Crippen molar-refractivity contribution in [2.24, 2.45) is 16.5 Å². The van der Waals surface area contributed by atoms with Gasteiger partial charge in [-0.15, -0.1) is 0 Å². The second kappa shape index (κ2) is 8.08. The van der Waals surface area contributed by atoms with Gasteiger partial charge in [-0.25, -0.2) is 4.79 Å². The van der Waals surface area contributed by atoms with Crippen LogP contribution in [0, 0.1) is 0 Å². The summed E-state index contributed by atoms with van der Waals surface area (Å²) in [6.07, 6.45) is 0.106. The van der Waals surface area contributed by atoms with Crippen molar-refractivity contribution in [2.45, 2.75) is 13.0 Å². The minimum Gasteiger partial charge on any atom is -0.444 e. The van der Waals surface area contributed by atoms with Gasteiger partial charge in [0.2, 0.25) is 0 Å². The molecule has 5 N–H and O–H groups in total. The predicted molar refractivity (Wildman–Crippen MR) is 69.9 cm³/mol. The molecule has 98 valence electrons. The minimum atomic E-state index is -0.618. The lowest BCUT2D eigenvalue weighted by Gasteiger charge is -2.06. The van der Waals surface area contributed by atoms with Gasteiger partial charge in [0.05, 0.1) is 0 Å². The second-order valence-electron chi connectivity index (χ2n) is 3.60. The number of guanidine groups is 1. The molecule has 1 rings (SSSR count). The Morgan fingerprint density at radius 1 is 1.33 bits per heavy atom. The largest absolute Gasteiger partial charge is 0.444 e. The fraction of sp³-hybridized carbons (Fsp3) is 0.333. The highest BCUT2D eigenvalue weighted by Crippen LogP contribution is 2.00. The molecule has 0 fully saturated rings. The first-order chi connectivity index (χ1) is 8.72. The molecular weight excluding hydrogens is 232 g/mol. The maximum absolute atomic E-state index is 11.3. The summed E-state index contributed by atoms with van der Waals surface area (Å²) >= 11 is 0. The van der Waals surface area contributed by atoms with Crippen LogP contribution in [0.15, 0.2) is 35.3 Å².